The Labute approximate surface area is 160 Å². The molecule has 2 aromatic heterocycles. The summed E-state index contributed by atoms with van der Waals surface area (Å²) in [5, 5.41) is 5.97. The molecule has 0 aliphatic carbocycles. The Morgan fingerprint density at radius 3 is 2.54 bits per heavy atom. The number of fused-ring (bicyclic) bond motifs is 3. The van der Waals surface area contributed by atoms with E-state index in [9.17, 15) is 13.2 Å². The maximum Gasteiger partial charge on any atom is 0.327 e. The predicted octanol–water partition coefficient (Wildman–Crippen LogP) is 2.14. The van der Waals surface area contributed by atoms with E-state index in [2.05, 4.69) is 9.97 Å². The molecule has 4 aromatic rings. The average Bonchev–Trinajstić information content (AvgIpc) is 3.02. The second kappa shape index (κ2) is 6.47. The van der Waals surface area contributed by atoms with E-state index in [-0.39, 0.29) is 16.6 Å². The van der Waals surface area contributed by atoms with Crippen LogP contribution < -0.4 is 15.6 Å². The van der Waals surface area contributed by atoms with Crippen LogP contribution in [0.1, 0.15) is 18.5 Å². The van der Waals surface area contributed by atoms with E-state index in [1.165, 1.54) is 12.1 Å². The van der Waals surface area contributed by atoms with Crippen molar-refractivity contribution < 1.29 is 13.2 Å². The van der Waals surface area contributed by atoms with Crippen molar-refractivity contribution in [1.29, 1.82) is 0 Å². The van der Waals surface area contributed by atoms with Crippen molar-refractivity contribution in [1.82, 2.24) is 14.5 Å². The predicted molar refractivity (Wildman–Crippen MR) is 106 cm³/mol. The van der Waals surface area contributed by atoms with Crippen molar-refractivity contribution in [3.63, 3.8) is 0 Å². The summed E-state index contributed by atoms with van der Waals surface area (Å²) >= 11 is 0. The number of sulfonamides is 1. The van der Waals surface area contributed by atoms with Crippen molar-refractivity contribution in [2.75, 3.05) is 7.11 Å². The van der Waals surface area contributed by atoms with Gasteiger partial charge in [0.2, 0.25) is 10.0 Å². The first kappa shape index (κ1) is 18.2. The zero-order valence-corrected chi connectivity index (χ0v) is 16.0. The van der Waals surface area contributed by atoms with Crippen molar-refractivity contribution in [3.8, 4) is 5.75 Å². The maximum absolute atomic E-state index is 12.7. The average molecular weight is 398 g/mol. The molecule has 0 saturated carbocycles. The highest BCUT2D eigenvalue weighted by Crippen LogP contribution is 2.29. The van der Waals surface area contributed by atoms with Gasteiger partial charge in [0.1, 0.15) is 5.75 Å². The van der Waals surface area contributed by atoms with Crippen LogP contribution in [0.3, 0.4) is 0 Å². The summed E-state index contributed by atoms with van der Waals surface area (Å²) in [5.41, 5.74) is 2.55. The smallest absolute Gasteiger partial charge is 0.327 e. The summed E-state index contributed by atoms with van der Waals surface area (Å²) in [6.45, 7) is 1.87. The third-order valence-electron chi connectivity index (χ3n) is 4.83. The molecular weight excluding hydrogens is 380 g/mol. The second-order valence-corrected chi connectivity index (χ2v) is 8.06. The molecule has 1 atom stereocenters. The van der Waals surface area contributed by atoms with Gasteiger partial charge in [-0.05, 0) is 36.8 Å². The number of nitrogens with two attached hydrogens (primary N) is 1. The zero-order chi connectivity index (χ0) is 20.1. The summed E-state index contributed by atoms with van der Waals surface area (Å²) in [5.74, 6) is 0.676. The molecule has 0 spiro atoms. The number of aromatic nitrogens is 3. The standard InChI is InChI=1S/C19H18N4O4S/c1-11(12-3-6-14(7-4-12)28(20,25)26)23-18-15-8-5-13(27-2)9-16(15)21-10-17(18)22-19(23)24/h3-11H,1-2H3,(H,22,24)(H2,20,25,26)/t11-/m1/s1. The van der Waals surface area contributed by atoms with Gasteiger partial charge in [-0.25, -0.2) is 18.4 Å². The van der Waals surface area contributed by atoms with E-state index in [0.29, 0.717) is 16.8 Å². The number of imidazole rings is 1. The number of benzene rings is 2. The fourth-order valence-corrected chi connectivity index (χ4v) is 3.88. The lowest BCUT2D eigenvalue weighted by molar-refractivity contribution is 0.415. The molecule has 0 bridgehead atoms. The molecule has 2 aromatic carbocycles. The van der Waals surface area contributed by atoms with Gasteiger partial charge in [-0.15, -0.1) is 0 Å². The first-order chi connectivity index (χ1) is 13.3. The highest BCUT2D eigenvalue weighted by Gasteiger charge is 2.18. The van der Waals surface area contributed by atoms with Crippen LogP contribution in [0.2, 0.25) is 0 Å². The van der Waals surface area contributed by atoms with Gasteiger partial charge in [-0.3, -0.25) is 9.55 Å². The number of H-pyrrole nitrogens is 1. The Bertz CT molecular complexity index is 1350. The van der Waals surface area contributed by atoms with Gasteiger partial charge in [0.05, 0.1) is 40.8 Å². The summed E-state index contributed by atoms with van der Waals surface area (Å²) in [6.07, 6.45) is 1.62. The van der Waals surface area contributed by atoms with Crippen LogP contribution in [0, 0.1) is 0 Å². The van der Waals surface area contributed by atoms with Gasteiger partial charge >= 0.3 is 5.69 Å². The van der Waals surface area contributed by atoms with Gasteiger partial charge in [0, 0.05) is 11.5 Å². The SMILES string of the molecule is COc1ccc2c(c1)ncc1[nH]c(=O)n([C@H](C)c3ccc(S(N)(=O)=O)cc3)c12. The molecule has 0 saturated heterocycles. The Hall–Kier alpha value is -3.17. The van der Waals surface area contributed by atoms with Gasteiger partial charge in [0.15, 0.2) is 0 Å². The first-order valence-electron chi connectivity index (χ1n) is 8.49. The number of nitrogens with one attached hydrogen (secondary N) is 1. The molecule has 0 radical (unpaired) electrons. The molecule has 0 unspecified atom stereocenters. The number of methoxy groups -OCH3 is 1. The van der Waals surface area contributed by atoms with Crippen LogP contribution in [0.25, 0.3) is 21.9 Å². The summed E-state index contributed by atoms with van der Waals surface area (Å²) in [4.78, 5) is 19.9. The second-order valence-electron chi connectivity index (χ2n) is 6.49. The number of ether oxygens (including phenoxy) is 1. The summed E-state index contributed by atoms with van der Waals surface area (Å²) in [6, 6.07) is 11.3. The maximum atomic E-state index is 12.7. The number of rotatable bonds is 4. The van der Waals surface area contributed by atoms with Gasteiger partial charge in [-0.1, -0.05) is 12.1 Å². The minimum Gasteiger partial charge on any atom is -0.497 e. The highest BCUT2D eigenvalue weighted by atomic mass is 32.2. The lowest BCUT2D eigenvalue weighted by Crippen LogP contribution is -2.21. The van der Waals surface area contributed by atoms with Gasteiger partial charge in [0.25, 0.3) is 0 Å². The van der Waals surface area contributed by atoms with E-state index in [0.717, 1.165) is 16.5 Å². The minimum absolute atomic E-state index is 0.0245. The van der Waals surface area contributed by atoms with Crippen LogP contribution in [-0.2, 0) is 10.0 Å². The quantitative estimate of drug-likeness (QED) is 0.546. The van der Waals surface area contributed by atoms with E-state index in [4.69, 9.17) is 9.88 Å². The molecule has 0 aliphatic heterocycles. The monoisotopic (exact) mass is 398 g/mol. The molecule has 0 fully saturated rings. The van der Waals surface area contributed by atoms with Crippen LogP contribution in [0.4, 0.5) is 0 Å². The van der Waals surface area contributed by atoms with Crippen LogP contribution in [0.5, 0.6) is 5.75 Å². The van der Waals surface area contributed by atoms with Gasteiger partial charge < -0.3 is 9.72 Å². The largest absolute Gasteiger partial charge is 0.497 e. The lowest BCUT2D eigenvalue weighted by atomic mass is 10.1. The van der Waals surface area contributed by atoms with Gasteiger partial charge in [-0.2, -0.15) is 0 Å². The molecule has 0 amide bonds. The molecule has 8 nitrogen and oxygen atoms in total. The van der Waals surface area contributed by atoms with Crippen LogP contribution in [-0.4, -0.2) is 30.1 Å². The van der Waals surface area contributed by atoms with Crippen LogP contribution in [0.15, 0.2) is 58.4 Å². The number of primary sulfonamides is 1. The molecule has 144 valence electrons. The normalized spacial score (nSPS) is 13.1. The Balaban J connectivity index is 1.91. The number of hydrogen-bond donors (Lipinski definition) is 2. The lowest BCUT2D eigenvalue weighted by Gasteiger charge is -2.15. The Morgan fingerprint density at radius 1 is 1.18 bits per heavy atom. The fourth-order valence-electron chi connectivity index (χ4n) is 3.37. The van der Waals surface area contributed by atoms with E-state index in [1.807, 2.05) is 25.1 Å². The molecule has 3 N–H and O–H groups in total. The third kappa shape index (κ3) is 2.94. The van der Waals surface area contributed by atoms with E-state index < -0.39 is 10.0 Å². The van der Waals surface area contributed by atoms with Crippen molar-refractivity contribution in [2.24, 2.45) is 5.14 Å². The van der Waals surface area contributed by atoms with Crippen LogP contribution >= 0.6 is 0 Å². The molecule has 28 heavy (non-hydrogen) atoms. The number of pyridine rings is 1. The Morgan fingerprint density at radius 2 is 1.89 bits per heavy atom. The molecular formula is C19H18N4O4S. The number of hydrogen-bond acceptors (Lipinski definition) is 5. The molecule has 0 aliphatic rings. The topological polar surface area (TPSA) is 120 Å². The number of nitrogens with zero attached hydrogens (tertiary/aromatic N) is 2. The molecule has 2 heterocycles. The fraction of sp³-hybridized carbons (Fsp3) is 0.158. The third-order valence-corrected chi connectivity index (χ3v) is 5.76. The van der Waals surface area contributed by atoms with Crippen molar-refractivity contribution in [2.45, 2.75) is 17.9 Å². The van der Waals surface area contributed by atoms with E-state index >= 15 is 0 Å². The highest BCUT2D eigenvalue weighted by molar-refractivity contribution is 7.89. The summed E-state index contributed by atoms with van der Waals surface area (Å²) < 4.78 is 29.8. The first-order valence-corrected chi connectivity index (χ1v) is 10.0. The van der Waals surface area contributed by atoms with E-state index in [1.54, 1.807) is 30.0 Å². The molecule has 4 rings (SSSR count). The van der Waals surface area contributed by atoms with Crippen molar-refractivity contribution >= 4 is 32.0 Å². The zero-order valence-electron chi connectivity index (χ0n) is 15.2. The summed E-state index contributed by atoms with van der Waals surface area (Å²) in [7, 11) is -2.19. The van der Waals surface area contributed by atoms with Crippen molar-refractivity contribution in [3.05, 3.63) is 64.7 Å². The minimum atomic E-state index is -3.77. The Kier molecular flexibility index (Phi) is 4.20. The number of aromatic amines is 1. The molecule has 9 heteroatoms.